The van der Waals surface area contributed by atoms with E-state index in [1.54, 1.807) is 7.11 Å². The molecule has 2 aromatic rings. The Bertz CT molecular complexity index is 551. The molecule has 2 rings (SSSR count). The van der Waals surface area contributed by atoms with E-state index in [1.807, 2.05) is 12.1 Å². The van der Waals surface area contributed by atoms with E-state index in [0.717, 1.165) is 23.9 Å². The van der Waals surface area contributed by atoms with Gasteiger partial charge in [-0.1, -0.05) is 11.6 Å². The molecule has 0 saturated carbocycles. The molecule has 0 radical (unpaired) electrons. The van der Waals surface area contributed by atoms with E-state index in [1.165, 1.54) is 5.56 Å². The average molecular weight is 268 g/mol. The zero-order valence-electron chi connectivity index (χ0n) is 10.4. The van der Waals surface area contributed by atoms with Crippen LogP contribution in [0.1, 0.15) is 5.56 Å². The Morgan fingerprint density at radius 1 is 1.28 bits per heavy atom. The number of halogens is 1. The largest absolute Gasteiger partial charge is 0.495 e. The quantitative estimate of drug-likeness (QED) is 0.868. The van der Waals surface area contributed by atoms with Crippen molar-refractivity contribution in [1.82, 2.24) is 4.57 Å². The van der Waals surface area contributed by atoms with Crippen molar-refractivity contribution in [3.05, 3.63) is 28.9 Å². The molecule has 0 spiro atoms. The first-order valence-electron chi connectivity index (χ1n) is 5.96. The molecular weight excluding hydrogens is 250 g/mol. The summed E-state index contributed by atoms with van der Waals surface area (Å²) < 4.78 is 7.38. The first kappa shape index (κ1) is 13.2. The molecular formula is C13H18ClN3O. The van der Waals surface area contributed by atoms with Crippen LogP contribution in [0.4, 0.5) is 0 Å². The van der Waals surface area contributed by atoms with Crippen LogP contribution >= 0.6 is 11.6 Å². The molecule has 1 heterocycles. The maximum atomic E-state index is 6.17. The monoisotopic (exact) mass is 267 g/mol. The minimum absolute atomic E-state index is 0.593. The third-order valence-electron chi connectivity index (χ3n) is 3.02. The van der Waals surface area contributed by atoms with Crippen LogP contribution in [0.25, 0.3) is 10.9 Å². The van der Waals surface area contributed by atoms with Crippen molar-refractivity contribution >= 4 is 22.5 Å². The van der Waals surface area contributed by atoms with Gasteiger partial charge in [-0.3, -0.25) is 0 Å². The van der Waals surface area contributed by atoms with Gasteiger partial charge >= 0.3 is 0 Å². The molecule has 5 heteroatoms. The summed E-state index contributed by atoms with van der Waals surface area (Å²) in [6.07, 6.45) is 2.93. The van der Waals surface area contributed by atoms with Gasteiger partial charge in [-0.15, -0.1) is 0 Å². The predicted octanol–water partition coefficient (Wildman–Crippen LogP) is 1.76. The summed E-state index contributed by atoms with van der Waals surface area (Å²) in [7, 11) is 1.62. The Kier molecular flexibility index (Phi) is 4.11. The van der Waals surface area contributed by atoms with Crippen molar-refractivity contribution in [3.63, 3.8) is 0 Å². The zero-order chi connectivity index (χ0) is 13.1. The van der Waals surface area contributed by atoms with Gasteiger partial charge in [0.25, 0.3) is 0 Å². The van der Waals surface area contributed by atoms with Crippen LogP contribution in [0.15, 0.2) is 18.3 Å². The molecule has 4 N–H and O–H groups in total. The number of benzene rings is 1. The van der Waals surface area contributed by atoms with Crippen LogP contribution < -0.4 is 16.2 Å². The van der Waals surface area contributed by atoms with Crippen LogP contribution in [0.5, 0.6) is 5.75 Å². The fourth-order valence-corrected chi connectivity index (χ4v) is 2.44. The highest BCUT2D eigenvalue weighted by atomic mass is 35.5. The van der Waals surface area contributed by atoms with E-state index < -0.39 is 0 Å². The number of rotatable bonds is 5. The van der Waals surface area contributed by atoms with Gasteiger partial charge < -0.3 is 20.8 Å². The van der Waals surface area contributed by atoms with E-state index in [2.05, 4.69) is 10.8 Å². The molecule has 1 aromatic carbocycles. The second-order valence-corrected chi connectivity index (χ2v) is 4.59. The van der Waals surface area contributed by atoms with E-state index in [9.17, 15) is 0 Å². The molecule has 4 nitrogen and oxygen atoms in total. The van der Waals surface area contributed by atoms with Gasteiger partial charge in [0, 0.05) is 24.7 Å². The molecule has 0 aliphatic heterocycles. The van der Waals surface area contributed by atoms with Crippen LogP contribution in [0, 0.1) is 0 Å². The van der Waals surface area contributed by atoms with E-state index in [-0.39, 0.29) is 0 Å². The molecule has 0 aliphatic carbocycles. The highest BCUT2D eigenvalue weighted by Gasteiger charge is 2.11. The number of fused-ring (bicyclic) bond motifs is 1. The van der Waals surface area contributed by atoms with Crippen molar-refractivity contribution in [2.75, 3.05) is 20.2 Å². The first-order chi connectivity index (χ1) is 8.71. The highest BCUT2D eigenvalue weighted by molar-refractivity contribution is 6.32. The smallest absolute Gasteiger partial charge is 0.138 e. The van der Waals surface area contributed by atoms with Crippen LogP contribution in [0.3, 0.4) is 0 Å². The molecule has 0 bridgehead atoms. The molecule has 0 saturated heterocycles. The average Bonchev–Trinajstić information content (AvgIpc) is 2.67. The second-order valence-electron chi connectivity index (χ2n) is 4.18. The maximum Gasteiger partial charge on any atom is 0.138 e. The Hall–Kier alpha value is -1.23. The Labute approximate surface area is 111 Å². The van der Waals surface area contributed by atoms with Crippen LogP contribution in [-0.2, 0) is 13.0 Å². The summed E-state index contributed by atoms with van der Waals surface area (Å²) in [5, 5.41) is 1.75. The van der Waals surface area contributed by atoms with Gasteiger partial charge in [-0.25, -0.2) is 0 Å². The Morgan fingerprint density at radius 2 is 2.06 bits per heavy atom. The maximum absolute atomic E-state index is 6.17. The number of ether oxygens (including phenoxy) is 1. The first-order valence-corrected chi connectivity index (χ1v) is 6.34. The molecule has 18 heavy (non-hydrogen) atoms. The van der Waals surface area contributed by atoms with Gasteiger partial charge in [0.15, 0.2) is 0 Å². The molecule has 98 valence electrons. The minimum Gasteiger partial charge on any atom is -0.495 e. The third-order valence-corrected chi connectivity index (χ3v) is 3.32. The van der Waals surface area contributed by atoms with Crippen molar-refractivity contribution < 1.29 is 4.74 Å². The molecule has 0 fully saturated rings. The zero-order valence-corrected chi connectivity index (χ0v) is 11.2. The van der Waals surface area contributed by atoms with Crippen molar-refractivity contribution in [3.8, 4) is 5.75 Å². The molecule has 0 atom stereocenters. The topological polar surface area (TPSA) is 66.2 Å². The van der Waals surface area contributed by atoms with Gasteiger partial charge in [-0.2, -0.15) is 0 Å². The van der Waals surface area contributed by atoms with E-state index in [4.69, 9.17) is 27.8 Å². The van der Waals surface area contributed by atoms with Crippen LogP contribution in [0.2, 0.25) is 5.02 Å². The lowest BCUT2D eigenvalue weighted by Gasteiger charge is -2.06. The Balaban J connectivity index is 2.62. The number of methoxy groups -OCH3 is 1. The van der Waals surface area contributed by atoms with Crippen molar-refractivity contribution in [2.24, 2.45) is 11.5 Å². The van der Waals surface area contributed by atoms with E-state index in [0.29, 0.717) is 23.9 Å². The third kappa shape index (κ3) is 2.32. The number of nitrogens with two attached hydrogens (primary N) is 2. The summed E-state index contributed by atoms with van der Waals surface area (Å²) in [6.45, 7) is 1.98. The van der Waals surface area contributed by atoms with Crippen LogP contribution in [-0.4, -0.2) is 24.8 Å². The predicted molar refractivity (Wildman–Crippen MR) is 75.3 cm³/mol. The SMILES string of the molecule is COc1cc2c(CCN)cn(CCN)c2cc1Cl. The summed E-state index contributed by atoms with van der Waals surface area (Å²) in [5.74, 6) is 0.688. The van der Waals surface area contributed by atoms with Gasteiger partial charge in [-0.05, 0) is 30.7 Å². The van der Waals surface area contributed by atoms with Gasteiger partial charge in [0.1, 0.15) is 5.75 Å². The summed E-state index contributed by atoms with van der Waals surface area (Å²) in [6, 6.07) is 3.89. The number of hydrogen-bond acceptors (Lipinski definition) is 3. The standard InChI is InChI=1S/C13H18ClN3O/c1-18-13-6-10-9(2-3-15)8-17(5-4-16)12(10)7-11(13)14/h6-8H,2-5,15-16H2,1H3. The molecule has 0 aliphatic rings. The number of hydrogen-bond donors (Lipinski definition) is 2. The fraction of sp³-hybridized carbons (Fsp3) is 0.385. The minimum atomic E-state index is 0.593. The molecule has 1 aromatic heterocycles. The summed E-state index contributed by atoms with van der Waals surface area (Å²) in [4.78, 5) is 0. The lowest BCUT2D eigenvalue weighted by atomic mass is 10.1. The van der Waals surface area contributed by atoms with Gasteiger partial charge in [0.2, 0.25) is 0 Å². The Morgan fingerprint density at radius 3 is 2.67 bits per heavy atom. The van der Waals surface area contributed by atoms with E-state index >= 15 is 0 Å². The van der Waals surface area contributed by atoms with Crippen molar-refractivity contribution in [2.45, 2.75) is 13.0 Å². The summed E-state index contributed by atoms with van der Waals surface area (Å²) in [5.41, 5.74) is 13.6. The van der Waals surface area contributed by atoms with Crippen molar-refractivity contribution in [1.29, 1.82) is 0 Å². The normalized spacial score (nSPS) is 11.1. The molecule has 0 amide bonds. The molecule has 0 unspecified atom stereocenters. The second kappa shape index (κ2) is 5.61. The highest BCUT2D eigenvalue weighted by Crippen LogP contribution is 2.32. The fourth-order valence-electron chi connectivity index (χ4n) is 2.20. The summed E-state index contributed by atoms with van der Waals surface area (Å²) >= 11 is 6.17. The number of nitrogens with zero attached hydrogens (tertiary/aromatic N) is 1. The van der Waals surface area contributed by atoms with Gasteiger partial charge in [0.05, 0.1) is 17.6 Å². The number of aromatic nitrogens is 1. The lowest BCUT2D eigenvalue weighted by molar-refractivity contribution is 0.415. The lowest BCUT2D eigenvalue weighted by Crippen LogP contribution is -2.08.